The molecule has 0 aromatic heterocycles. The Labute approximate surface area is 119 Å². The van der Waals surface area contributed by atoms with Gasteiger partial charge in [0.05, 0.1) is 5.02 Å². The lowest BCUT2D eigenvalue weighted by atomic mass is 10.1. The number of amides is 1. The number of benzene rings is 1. The lowest BCUT2D eigenvalue weighted by Gasteiger charge is -2.15. The molecule has 4 nitrogen and oxygen atoms in total. The molecule has 106 valence electrons. The van der Waals surface area contributed by atoms with Crippen molar-refractivity contribution in [3.8, 4) is 5.75 Å². The molecule has 0 aliphatic carbocycles. The summed E-state index contributed by atoms with van der Waals surface area (Å²) in [6.45, 7) is 5.02. The van der Waals surface area contributed by atoms with E-state index in [0.29, 0.717) is 10.8 Å². The van der Waals surface area contributed by atoms with Crippen molar-refractivity contribution in [2.24, 2.45) is 0 Å². The van der Waals surface area contributed by atoms with Crippen LogP contribution in [-0.2, 0) is 4.79 Å². The van der Waals surface area contributed by atoms with Gasteiger partial charge >= 0.3 is 0 Å². The summed E-state index contributed by atoms with van der Waals surface area (Å²) < 4.78 is 5.41. The van der Waals surface area contributed by atoms with Crippen LogP contribution in [0.25, 0.3) is 0 Å². The standard InChI is InChI=1S/C14H21ClN2O2/c1-5-16-10(2)11-6-7-13(12(15)8-11)19-9-14(18)17(3)4/h6-8,10,16H,5,9H2,1-4H3. The molecule has 1 N–H and O–H groups in total. The van der Waals surface area contributed by atoms with Crippen molar-refractivity contribution in [2.45, 2.75) is 19.9 Å². The maximum Gasteiger partial charge on any atom is 0.259 e. The number of hydrogen-bond acceptors (Lipinski definition) is 3. The molecular weight excluding hydrogens is 264 g/mol. The minimum atomic E-state index is -0.0961. The monoisotopic (exact) mass is 284 g/mol. The van der Waals surface area contributed by atoms with Gasteiger partial charge in [0, 0.05) is 20.1 Å². The number of nitrogens with zero attached hydrogens (tertiary/aromatic N) is 1. The largest absolute Gasteiger partial charge is 0.482 e. The highest BCUT2D eigenvalue weighted by atomic mass is 35.5. The zero-order valence-corrected chi connectivity index (χ0v) is 12.6. The van der Waals surface area contributed by atoms with Crippen LogP contribution in [0.2, 0.25) is 5.02 Å². The first-order chi connectivity index (χ1) is 8.95. The fourth-order valence-corrected chi connectivity index (χ4v) is 1.84. The molecule has 1 rings (SSSR count). The molecule has 1 amide bonds. The Morgan fingerprint density at radius 1 is 1.47 bits per heavy atom. The molecule has 0 aliphatic rings. The van der Waals surface area contributed by atoms with E-state index in [9.17, 15) is 4.79 Å². The Morgan fingerprint density at radius 3 is 2.68 bits per heavy atom. The third-order valence-electron chi connectivity index (χ3n) is 2.82. The van der Waals surface area contributed by atoms with Gasteiger partial charge in [-0.2, -0.15) is 0 Å². The SMILES string of the molecule is CCNC(C)c1ccc(OCC(=O)N(C)C)c(Cl)c1. The van der Waals surface area contributed by atoms with Crippen molar-refractivity contribution in [2.75, 3.05) is 27.2 Å². The van der Waals surface area contributed by atoms with Crippen molar-refractivity contribution in [1.29, 1.82) is 0 Å². The summed E-state index contributed by atoms with van der Waals surface area (Å²) in [7, 11) is 3.38. The Bertz CT molecular complexity index is 435. The van der Waals surface area contributed by atoms with Crippen molar-refractivity contribution >= 4 is 17.5 Å². The zero-order chi connectivity index (χ0) is 14.4. The molecule has 1 atom stereocenters. The third kappa shape index (κ3) is 4.73. The van der Waals surface area contributed by atoms with Crippen LogP contribution in [-0.4, -0.2) is 38.1 Å². The second kappa shape index (κ2) is 7.36. The van der Waals surface area contributed by atoms with Gasteiger partial charge in [-0.1, -0.05) is 24.6 Å². The fraction of sp³-hybridized carbons (Fsp3) is 0.500. The minimum Gasteiger partial charge on any atom is -0.482 e. The molecule has 0 saturated heterocycles. The summed E-state index contributed by atoms with van der Waals surface area (Å²) in [5.41, 5.74) is 1.10. The topological polar surface area (TPSA) is 41.6 Å². The molecule has 1 aromatic rings. The van der Waals surface area contributed by atoms with Crippen LogP contribution >= 0.6 is 11.6 Å². The van der Waals surface area contributed by atoms with Crippen molar-refractivity contribution < 1.29 is 9.53 Å². The number of nitrogens with one attached hydrogen (secondary N) is 1. The van der Waals surface area contributed by atoms with E-state index in [-0.39, 0.29) is 18.6 Å². The van der Waals surface area contributed by atoms with E-state index in [2.05, 4.69) is 19.2 Å². The quantitative estimate of drug-likeness (QED) is 0.873. The van der Waals surface area contributed by atoms with Gasteiger partial charge in [0.15, 0.2) is 6.61 Å². The number of carbonyl (C=O) groups is 1. The molecule has 0 bridgehead atoms. The Balaban J connectivity index is 2.69. The van der Waals surface area contributed by atoms with Gasteiger partial charge in [-0.15, -0.1) is 0 Å². The molecule has 1 aromatic carbocycles. The molecule has 0 spiro atoms. The van der Waals surface area contributed by atoms with Crippen LogP contribution in [0.4, 0.5) is 0 Å². The maximum atomic E-state index is 11.4. The highest BCUT2D eigenvalue weighted by Gasteiger charge is 2.10. The van der Waals surface area contributed by atoms with Crippen LogP contribution < -0.4 is 10.1 Å². The van der Waals surface area contributed by atoms with E-state index in [1.807, 2.05) is 12.1 Å². The Morgan fingerprint density at radius 2 is 2.16 bits per heavy atom. The normalized spacial score (nSPS) is 12.1. The Kier molecular flexibility index (Phi) is 6.12. The van der Waals surface area contributed by atoms with Crippen LogP contribution in [0, 0.1) is 0 Å². The first kappa shape index (κ1) is 15.8. The zero-order valence-electron chi connectivity index (χ0n) is 11.9. The van der Waals surface area contributed by atoms with E-state index in [4.69, 9.17) is 16.3 Å². The fourth-order valence-electron chi connectivity index (χ4n) is 1.60. The summed E-state index contributed by atoms with van der Waals surface area (Å²) in [5.74, 6) is 0.436. The predicted octanol–water partition coefficient (Wildman–Crippen LogP) is 2.48. The van der Waals surface area contributed by atoms with Gasteiger partial charge in [0.25, 0.3) is 5.91 Å². The van der Waals surface area contributed by atoms with Crippen LogP contribution in [0.1, 0.15) is 25.5 Å². The van der Waals surface area contributed by atoms with Gasteiger partial charge in [-0.25, -0.2) is 0 Å². The summed E-state index contributed by atoms with van der Waals surface area (Å²) in [4.78, 5) is 12.9. The molecule has 0 heterocycles. The van der Waals surface area contributed by atoms with Crippen molar-refractivity contribution in [3.05, 3.63) is 28.8 Å². The predicted molar refractivity (Wildman–Crippen MR) is 77.7 cm³/mol. The first-order valence-corrected chi connectivity index (χ1v) is 6.69. The average molecular weight is 285 g/mol. The summed E-state index contributed by atoms with van der Waals surface area (Å²) >= 11 is 6.16. The van der Waals surface area contributed by atoms with Crippen molar-refractivity contribution in [3.63, 3.8) is 0 Å². The van der Waals surface area contributed by atoms with E-state index in [0.717, 1.165) is 12.1 Å². The minimum absolute atomic E-state index is 0.00513. The van der Waals surface area contributed by atoms with Crippen LogP contribution in [0.15, 0.2) is 18.2 Å². The maximum absolute atomic E-state index is 11.4. The molecule has 0 fully saturated rings. The third-order valence-corrected chi connectivity index (χ3v) is 3.11. The molecule has 0 radical (unpaired) electrons. The molecular formula is C14H21ClN2O2. The number of likely N-dealkylation sites (N-methyl/N-ethyl adjacent to an activating group) is 1. The number of carbonyl (C=O) groups excluding carboxylic acids is 1. The van der Waals surface area contributed by atoms with Crippen molar-refractivity contribution in [1.82, 2.24) is 10.2 Å². The van der Waals surface area contributed by atoms with E-state index in [1.165, 1.54) is 4.90 Å². The van der Waals surface area contributed by atoms with E-state index >= 15 is 0 Å². The first-order valence-electron chi connectivity index (χ1n) is 6.31. The van der Waals surface area contributed by atoms with Gasteiger partial charge in [-0.3, -0.25) is 4.79 Å². The van der Waals surface area contributed by atoms with Gasteiger partial charge in [-0.05, 0) is 31.2 Å². The van der Waals surface area contributed by atoms with Gasteiger partial charge in [0.1, 0.15) is 5.75 Å². The molecule has 5 heteroatoms. The van der Waals surface area contributed by atoms with E-state index in [1.54, 1.807) is 20.2 Å². The number of halogens is 1. The molecule has 1 unspecified atom stereocenters. The average Bonchev–Trinajstić information content (AvgIpc) is 2.36. The summed E-state index contributed by atoms with van der Waals surface area (Å²) in [6, 6.07) is 5.85. The number of hydrogen-bond donors (Lipinski definition) is 1. The van der Waals surface area contributed by atoms with Crippen LogP contribution in [0.5, 0.6) is 5.75 Å². The molecule has 0 aliphatic heterocycles. The second-order valence-electron chi connectivity index (χ2n) is 4.55. The summed E-state index contributed by atoms with van der Waals surface area (Å²) in [6.07, 6.45) is 0. The lowest BCUT2D eigenvalue weighted by Crippen LogP contribution is -2.27. The number of rotatable bonds is 6. The lowest BCUT2D eigenvalue weighted by molar-refractivity contribution is -0.130. The molecule has 0 saturated carbocycles. The Hall–Kier alpha value is -1.26. The second-order valence-corrected chi connectivity index (χ2v) is 4.95. The van der Waals surface area contributed by atoms with Gasteiger partial charge in [0.2, 0.25) is 0 Å². The van der Waals surface area contributed by atoms with Gasteiger partial charge < -0.3 is 15.0 Å². The highest BCUT2D eigenvalue weighted by molar-refractivity contribution is 6.32. The summed E-state index contributed by atoms with van der Waals surface area (Å²) in [5, 5.41) is 3.84. The van der Waals surface area contributed by atoms with Crippen LogP contribution in [0.3, 0.4) is 0 Å². The molecule has 19 heavy (non-hydrogen) atoms. The van der Waals surface area contributed by atoms with E-state index < -0.39 is 0 Å². The smallest absolute Gasteiger partial charge is 0.259 e. The highest BCUT2D eigenvalue weighted by Crippen LogP contribution is 2.27. The number of ether oxygens (including phenoxy) is 1.